The van der Waals surface area contributed by atoms with E-state index < -0.39 is 35.5 Å². The Labute approximate surface area is 383 Å². The molecule has 4 fully saturated rings. The molecule has 0 bridgehead atoms. The van der Waals surface area contributed by atoms with Gasteiger partial charge in [0.25, 0.3) is 0 Å². The fraction of sp³-hybridized carbons (Fsp3) is 0.793. The molecular formula is C58H90F4O. The first-order valence-corrected chi connectivity index (χ1v) is 27.4. The molecule has 356 valence electrons. The normalized spacial score (nSPS) is 27.9. The van der Waals surface area contributed by atoms with E-state index in [-0.39, 0.29) is 11.8 Å². The summed E-state index contributed by atoms with van der Waals surface area (Å²) in [6.07, 6.45) is 43.6. The maximum atomic E-state index is 15.0. The van der Waals surface area contributed by atoms with Crippen LogP contribution in [0.15, 0.2) is 36.4 Å². The summed E-state index contributed by atoms with van der Waals surface area (Å²) >= 11 is 0. The fourth-order valence-corrected chi connectivity index (χ4v) is 13.3. The van der Waals surface area contributed by atoms with Gasteiger partial charge in [-0.05, 0) is 160 Å². The molecule has 6 rings (SSSR count). The lowest BCUT2D eigenvalue weighted by Gasteiger charge is -2.43. The predicted molar refractivity (Wildman–Crippen MR) is 256 cm³/mol. The zero-order chi connectivity index (χ0) is 44.2. The first-order chi connectivity index (χ1) is 30.8. The zero-order valence-electron chi connectivity index (χ0n) is 40.2. The van der Waals surface area contributed by atoms with Crippen molar-refractivity contribution >= 4 is 0 Å². The maximum Gasteiger partial charge on any atom is 0.159 e. The highest BCUT2D eigenvalue weighted by Crippen LogP contribution is 2.50. The highest BCUT2D eigenvalue weighted by Gasteiger charge is 2.39. The second-order valence-corrected chi connectivity index (χ2v) is 21.8. The molecule has 1 nitrogen and oxygen atoms in total. The van der Waals surface area contributed by atoms with Crippen LogP contribution in [-0.2, 0) is 4.74 Å². The van der Waals surface area contributed by atoms with E-state index in [1.54, 1.807) is 12.1 Å². The molecule has 0 spiro atoms. The number of halogens is 4. The second kappa shape index (κ2) is 27.7. The van der Waals surface area contributed by atoms with Crippen molar-refractivity contribution in [3.8, 4) is 0 Å². The first-order valence-electron chi connectivity index (χ1n) is 27.4. The Morgan fingerprint density at radius 1 is 0.381 bits per heavy atom. The van der Waals surface area contributed by atoms with Crippen LogP contribution >= 0.6 is 0 Å². The summed E-state index contributed by atoms with van der Waals surface area (Å²) in [7, 11) is 0. The Kier molecular flexibility index (Phi) is 22.2. The van der Waals surface area contributed by atoms with Gasteiger partial charge in [-0.3, -0.25) is 0 Å². The molecule has 0 aromatic heterocycles. The quantitative estimate of drug-likeness (QED) is 0.0676. The molecule has 2 aromatic rings. The summed E-state index contributed by atoms with van der Waals surface area (Å²) < 4.78 is 66.0. The lowest BCUT2D eigenvalue weighted by molar-refractivity contribution is -0.0937. The minimum Gasteiger partial charge on any atom is -0.365 e. The third-order valence-corrected chi connectivity index (χ3v) is 17.4. The van der Waals surface area contributed by atoms with Crippen molar-refractivity contribution in [3.05, 3.63) is 70.8 Å². The van der Waals surface area contributed by atoms with E-state index in [0.29, 0.717) is 23.0 Å². The standard InChI is InChI=1S/C58H90F4O/c1-3-5-7-9-11-13-15-17-19-43-21-25-45(26-22-43)47-29-33-49(34-30-47)57(51-37-39-53(59)55(61)41-51)63-58(52-38-40-54(60)56(62)42-52)50-35-31-48(32-36-50)46-27-23-44(24-28-46)20-18-16-14-12-10-8-6-4-2/h37-50,57-58H,3-36H2,1-2H3. The van der Waals surface area contributed by atoms with Gasteiger partial charge in [0.15, 0.2) is 23.3 Å². The number of rotatable bonds is 26. The minimum atomic E-state index is -0.851. The molecule has 0 N–H and O–H groups in total. The average molecular weight is 879 g/mol. The number of hydrogen-bond acceptors (Lipinski definition) is 1. The average Bonchev–Trinajstić information content (AvgIpc) is 3.31. The summed E-state index contributed by atoms with van der Waals surface area (Å²) in [5.74, 6) is 1.73. The summed E-state index contributed by atoms with van der Waals surface area (Å²) in [4.78, 5) is 0. The molecule has 0 amide bonds. The molecule has 4 aliphatic carbocycles. The van der Waals surface area contributed by atoms with Crippen LogP contribution in [-0.4, -0.2) is 0 Å². The Balaban J connectivity index is 1.02. The lowest BCUT2D eigenvalue weighted by atomic mass is 9.67. The van der Waals surface area contributed by atoms with Gasteiger partial charge in [-0.15, -0.1) is 0 Å². The lowest BCUT2D eigenvalue weighted by Crippen LogP contribution is -2.31. The van der Waals surface area contributed by atoms with E-state index in [1.165, 1.54) is 191 Å². The van der Waals surface area contributed by atoms with Crippen molar-refractivity contribution in [2.24, 2.45) is 47.3 Å². The maximum absolute atomic E-state index is 15.0. The molecule has 2 atom stereocenters. The third kappa shape index (κ3) is 16.2. The van der Waals surface area contributed by atoms with Crippen LogP contribution in [0.5, 0.6) is 0 Å². The molecule has 0 heterocycles. The van der Waals surface area contributed by atoms with Crippen LogP contribution in [0.4, 0.5) is 17.6 Å². The molecule has 0 radical (unpaired) electrons. The summed E-state index contributed by atoms with van der Waals surface area (Å²) in [5, 5.41) is 0. The number of unbranched alkanes of at least 4 members (excludes halogenated alkanes) is 14. The van der Waals surface area contributed by atoms with Gasteiger partial charge >= 0.3 is 0 Å². The van der Waals surface area contributed by atoms with E-state index in [1.807, 2.05) is 0 Å². The van der Waals surface area contributed by atoms with Crippen molar-refractivity contribution in [3.63, 3.8) is 0 Å². The van der Waals surface area contributed by atoms with Gasteiger partial charge in [0.05, 0.1) is 12.2 Å². The second-order valence-electron chi connectivity index (χ2n) is 21.8. The molecule has 2 unspecified atom stereocenters. The largest absolute Gasteiger partial charge is 0.365 e. The molecule has 5 heteroatoms. The fourth-order valence-electron chi connectivity index (χ4n) is 13.3. The van der Waals surface area contributed by atoms with Gasteiger partial charge in [0, 0.05) is 0 Å². The molecule has 4 saturated carbocycles. The topological polar surface area (TPSA) is 9.23 Å². The van der Waals surface area contributed by atoms with Crippen molar-refractivity contribution in [1.29, 1.82) is 0 Å². The Bertz CT molecular complexity index is 1410. The summed E-state index contributed by atoms with van der Waals surface area (Å²) in [5.41, 5.74) is 1.34. The van der Waals surface area contributed by atoms with Crippen LogP contribution in [0, 0.1) is 70.6 Å². The van der Waals surface area contributed by atoms with E-state index in [2.05, 4.69) is 13.8 Å². The van der Waals surface area contributed by atoms with Crippen molar-refractivity contribution in [2.45, 2.75) is 244 Å². The Morgan fingerprint density at radius 3 is 1.00 bits per heavy atom. The molecule has 0 aliphatic heterocycles. The van der Waals surface area contributed by atoms with Gasteiger partial charge < -0.3 is 4.74 Å². The van der Waals surface area contributed by atoms with Gasteiger partial charge in [-0.2, -0.15) is 0 Å². The molecule has 63 heavy (non-hydrogen) atoms. The van der Waals surface area contributed by atoms with Crippen LogP contribution in [0.1, 0.15) is 255 Å². The smallest absolute Gasteiger partial charge is 0.159 e. The predicted octanol–water partition coefficient (Wildman–Crippen LogP) is 19.3. The molecular weight excluding hydrogens is 789 g/mol. The first kappa shape index (κ1) is 50.5. The van der Waals surface area contributed by atoms with Crippen molar-refractivity contribution in [2.75, 3.05) is 0 Å². The summed E-state index contributed by atoms with van der Waals surface area (Å²) in [6, 6.07) is 8.55. The van der Waals surface area contributed by atoms with Crippen LogP contribution in [0.3, 0.4) is 0 Å². The monoisotopic (exact) mass is 879 g/mol. The van der Waals surface area contributed by atoms with Crippen LogP contribution in [0.2, 0.25) is 0 Å². The van der Waals surface area contributed by atoms with Crippen LogP contribution in [0.25, 0.3) is 0 Å². The van der Waals surface area contributed by atoms with Crippen molar-refractivity contribution < 1.29 is 22.3 Å². The minimum absolute atomic E-state index is 0.162. The zero-order valence-corrected chi connectivity index (χ0v) is 40.2. The highest BCUT2D eigenvalue weighted by atomic mass is 19.2. The van der Waals surface area contributed by atoms with Gasteiger partial charge in [0.1, 0.15) is 0 Å². The van der Waals surface area contributed by atoms with E-state index >= 15 is 0 Å². The molecule has 2 aromatic carbocycles. The van der Waals surface area contributed by atoms with E-state index in [0.717, 1.165) is 75.0 Å². The Hall–Kier alpha value is -1.88. The van der Waals surface area contributed by atoms with Crippen LogP contribution < -0.4 is 0 Å². The van der Waals surface area contributed by atoms with Gasteiger partial charge in [0.2, 0.25) is 0 Å². The van der Waals surface area contributed by atoms with Gasteiger partial charge in [-0.1, -0.05) is 167 Å². The molecule has 4 aliphatic rings. The number of benzene rings is 2. The third-order valence-electron chi connectivity index (χ3n) is 17.4. The van der Waals surface area contributed by atoms with Crippen molar-refractivity contribution in [1.82, 2.24) is 0 Å². The van der Waals surface area contributed by atoms with Gasteiger partial charge in [-0.25, -0.2) is 17.6 Å². The Morgan fingerprint density at radius 2 is 0.683 bits per heavy atom. The number of hydrogen-bond donors (Lipinski definition) is 0. The number of ether oxygens (including phenoxy) is 1. The SMILES string of the molecule is CCCCCCCCCCC1CCC(C2CCC(C(OC(c3ccc(F)c(F)c3)C3CCC(C4CCC(CCCCCCCCCC)CC4)CC3)c3ccc(F)c(F)c3)CC2)CC1. The molecule has 0 saturated heterocycles. The van der Waals surface area contributed by atoms with E-state index in [4.69, 9.17) is 4.74 Å². The van der Waals surface area contributed by atoms with E-state index in [9.17, 15) is 17.6 Å². The summed E-state index contributed by atoms with van der Waals surface area (Å²) in [6.45, 7) is 4.57. The highest BCUT2D eigenvalue weighted by molar-refractivity contribution is 5.24.